The maximum absolute atomic E-state index is 12.8. The smallest absolute Gasteiger partial charge is 0.252 e. The van der Waals surface area contributed by atoms with Gasteiger partial charge in [-0.15, -0.1) is 11.3 Å². The molecule has 1 aliphatic rings. The second-order valence-electron chi connectivity index (χ2n) is 6.89. The topological polar surface area (TPSA) is 66.5 Å². The molecule has 1 aliphatic heterocycles. The molecule has 9 heteroatoms. The van der Waals surface area contributed by atoms with Gasteiger partial charge in [0.1, 0.15) is 4.21 Å². The van der Waals surface area contributed by atoms with Crippen molar-refractivity contribution in [2.24, 2.45) is 5.92 Å². The number of thiophene rings is 1. The highest BCUT2D eigenvalue weighted by Crippen LogP contribution is 2.28. The molecular formula is C19H22Cl2N2O3S2. The Balaban J connectivity index is 1.57. The van der Waals surface area contributed by atoms with Crippen LogP contribution in [0, 0.1) is 12.8 Å². The van der Waals surface area contributed by atoms with Crippen LogP contribution in [0.5, 0.6) is 0 Å². The molecule has 1 aromatic carbocycles. The zero-order valence-electron chi connectivity index (χ0n) is 15.5. The van der Waals surface area contributed by atoms with Gasteiger partial charge >= 0.3 is 0 Å². The fourth-order valence-corrected chi connectivity index (χ4v) is 6.82. The molecule has 0 radical (unpaired) electrons. The average Bonchev–Trinajstić information content (AvgIpc) is 3.08. The molecule has 1 fully saturated rings. The van der Waals surface area contributed by atoms with Crippen molar-refractivity contribution >= 4 is 50.5 Å². The standard InChI is InChI=1S/C19H22Cl2N2O3S2/c1-13-4-5-18(27-13)28(25,26)23-8-2-3-15(12-23)19(24)22-7-6-14-9-16(20)11-17(21)10-14/h4-5,9-11,15H,2-3,6-8,12H2,1H3,(H,22,24). The molecule has 1 atom stereocenters. The van der Waals surface area contributed by atoms with Gasteiger partial charge in [0.05, 0.1) is 5.92 Å². The summed E-state index contributed by atoms with van der Waals surface area (Å²) in [6.07, 6.45) is 1.96. The summed E-state index contributed by atoms with van der Waals surface area (Å²) in [6, 6.07) is 8.73. The number of carbonyl (C=O) groups excluding carboxylic acids is 1. The predicted molar refractivity (Wildman–Crippen MR) is 114 cm³/mol. The first-order chi connectivity index (χ1) is 13.3. The van der Waals surface area contributed by atoms with Crippen molar-refractivity contribution in [1.29, 1.82) is 0 Å². The van der Waals surface area contributed by atoms with Crippen LogP contribution in [0.2, 0.25) is 10.0 Å². The summed E-state index contributed by atoms with van der Waals surface area (Å²) in [7, 11) is -3.54. The van der Waals surface area contributed by atoms with E-state index in [0.717, 1.165) is 10.4 Å². The number of aryl methyl sites for hydroxylation is 1. The van der Waals surface area contributed by atoms with Gasteiger partial charge in [-0.05, 0) is 62.1 Å². The number of sulfonamides is 1. The summed E-state index contributed by atoms with van der Waals surface area (Å²) in [5, 5.41) is 4.03. The number of hydrogen-bond acceptors (Lipinski definition) is 4. The second kappa shape index (κ2) is 9.13. The van der Waals surface area contributed by atoms with E-state index in [1.807, 2.05) is 19.1 Å². The van der Waals surface area contributed by atoms with Crippen molar-refractivity contribution in [3.05, 3.63) is 50.8 Å². The Morgan fingerprint density at radius 3 is 2.61 bits per heavy atom. The largest absolute Gasteiger partial charge is 0.355 e. The number of nitrogens with one attached hydrogen (secondary N) is 1. The lowest BCUT2D eigenvalue weighted by atomic mass is 9.99. The van der Waals surface area contributed by atoms with Crippen molar-refractivity contribution in [3.8, 4) is 0 Å². The van der Waals surface area contributed by atoms with E-state index in [1.54, 1.807) is 18.2 Å². The lowest BCUT2D eigenvalue weighted by Gasteiger charge is -2.30. The quantitative estimate of drug-likeness (QED) is 0.704. The first-order valence-electron chi connectivity index (χ1n) is 9.05. The minimum absolute atomic E-state index is 0.115. The van der Waals surface area contributed by atoms with Crippen molar-refractivity contribution in [3.63, 3.8) is 0 Å². The monoisotopic (exact) mass is 460 g/mol. The number of amides is 1. The molecule has 28 heavy (non-hydrogen) atoms. The van der Waals surface area contributed by atoms with Crippen molar-refractivity contribution in [2.45, 2.75) is 30.4 Å². The van der Waals surface area contributed by atoms with Crippen LogP contribution >= 0.6 is 34.5 Å². The van der Waals surface area contributed by atoms with Crippen LogP contribution in [0.1, 0.15) is 23.3 Å². The van der Waals surface area contributed by atoms with Crippen LogP contribution in [0.15, 0.2) is 34.5 Å². The molecule has 0 saturated carbocycles. The van der Waals surface area contributed by atoms with Crippen molar-refractivity contribution < 1.29 is 13.2 Å². The van der Waals surface area contributed by atoms with Gasteiger partial charge in [-0.1, -0.05) is 23.2 Å². The molecule has 0 spiro atoms. The SMILES string of the molecule is Cc1ccc(S(=O)(=O)N2CCCC(C(=O)NCCc3cc(Cl)cc(Cl)c3)C2)s1. The van der Waals surface area contributed by atoms with E-state index in [-0.39, 0.29) is 18.4 Å². The molecule has 2 aromatic rings. The Labute approximate surface area is 179 Å². The molecule has 1 unspecified atom stereocenters. The lowest BCUT2D eigenvalue weighted by molar-refractivity contribution is -0.126. The fourth-order valence-electron chi connectivity index (χ4n) is 3.28. The minimum Gasteiger partial charge on any atom is -0.355 e. The van der Waals surface area contributed by atoms with Gasteiger partial charge < -0.3 is 5.32 Å². The second-order valence-corrected chi connectivity index (χ2v) is 11.2. The number of halogens is 2. The molecule has 1 aromatic heterocycles. The summed E-state index contributed by atoms with van der Waals surface area (Å²) >= 11 is 13.2. The van der Waals surface area contributed by atoms with Crippen LogP contribution < -0.4 is 5.32 Å². The van der Waals surface area contributed by atoms with E-state index in [4.69, 9.17) is 23.2 Å². The van der Waals surface area contributed by atoms with E-state index in [0.29, 0.717) is 46.6 Å². The van der Waals surface area contributed by atoms with Crippen LogP contribution in [-0.2, 0) is 21.2 Å². The van der Waals surface area contributed by atoms with Crippen molar-refractivity contribution in [2.75, 3.05) is 19.6 Å². The highest BCUT2D eigenvalue weighted by atomic mass is 35.5. The van der Waals surface area contributed by atoms with Gasteiger partial charge in [0.25, 0.3) is 10.0 Å². The van der Waals surface area contributed by atoms with E-state index in [9.17, 15) is 13.2 Å². The molecular weight excluding hydrogens is 439 g/mol. The molecule has 0 bridgehead atoms. The zero-order valence-corrected chi connectivity index (χ0v) is 18.6. The van der Waals surface area contributed by atoms with Gasteiger partial charge in [-0.25, -0.2) is 8.42 Å². The predicted octanol–water partition coefficient (Wildman–Crippen LogP) is 4.12. The Morgan fingerprint density at radius 1 is 1.25 bits per heavy atom. The third-order valence-corrected chi connectivity index (χ3v) is 8.47. The number of nitrogens with zero attached hydrogens (tertiary/aromatic N) is 1. The molecule has 1 N–H and O–H groups in total. The third-order valence-electron chi connectivity index (χ3n) is 4.70. The number of hydrogen-bond donors (Lipinski definition) is 1. The summed E-state index contributed by atoms with van der Waals surface area (Å²) in [5.41, 5.74) is 0.943. The van der Waals surface area contributed by atoms with Crippen LogP contribution in [0.25, 0.3) is 0 Å². The van der Waals surface area contributed by atoms with Gasteiger partial charge in [0, 0.05) is 34.6 Å². The summed E-state index contributed by atoms with van der Waals surface area (Å²) in [4.78, 5) is 13.5. The number of rotatable bonds is 6. The van der Waals surface area contributed by atoms with Crippen LogP contribution in [0.3, 0.4) is 0 Å². The first-order valence-corrected chi connectivity index (χ1v) is 12.1. The Hall–Kier alpha value is -1.12. The Kier molecular flexibility index (Phi) is 7.04. The molecule has 0 aliphatic carbocycles. The summed E-state index contributed by atoms with van der Waals surface area (Å²) in [5.74, 6) is -0.456. The Morgan fingerprint density at radius 2 is 1.96 bits per heavy atom. The molecule has 3 rings (SSSR count). The maximum atomic E-state index is 12.8. The first kappa shape index (κ1) is 21.6. The maximum Gasteiger partial charge on any atom is 0.252 e. The Bertz CT molecular complexity index is 940. The average molecular weight is 461 g/mol. The summed E-state index contributed by atoms with van der Waals surface area (Å²) in [6.45, 7) is 2.99. The third kappa shape index (κ3) is 5.27. The number of carbonyl (C=O) groups is 1. The minimum atomic E-state index is -3.54. The molecule has 2 heterocycles. The molecule has 1 amide bonds. The van der Waals surface area contributed by atoms with E-state index < -0.39 is 10.0 Å². The van der Waals surface area contributed by atoms with E-state index in [1.165, 1.54) is 15.6 Å². The molecule has 152 valence electrons. The van der Waals surface area contributed by atoms with Crippen LogP contribution in [0.4, 0.5) is 0 Å². The normalized spacial score (nSPS) is 18.2. The lowest BCUT2D eigenvalue weighted by Crippen LogP contribution is -2.45. The molecule has 5 nitrogen and oxygen atoms in total. The highest BCUT2D eigenvalue weighted by Gasteiger charge is 2.33. The fraction of sp³-hybridized carbons (Fsp3) is 0.421. The molecule has 1 saturated heterocycles. The number of piperidine rings is 1. The van der Waals surface area contributed by atoms with E-state index in [2.05, 4.69) is 5.32 Å². The van der Waals surface area contributed by atoms with Gasteiger partial charge in [-0.2, -0.15) is 4.31 Å². The van der Waals surface area contributed by atoms with E-state index >= 15 is 0 Å². The summed E-state index contributed by atoms with van der Waals surface area (Å²) < 4.78 is 27.4. The van der Waals surface area contributed by atoms with Gasteiger partial charge in [0.15, 0.2) is 0 Å². The zero-order chi connectivity index (χ0) is 20.3. The van der Waals surface area contributed by atoms with Gasteiger partial charge in [0.2, 0.25) is 5.91 Å². The van der Waals surface area contributed by atoms with Gasteiger partial charge in [-0.3, -0.25) is 4.79 Å². The number of benzene rings is 1. The van der Waals surface area contributed by atoms with Crippen molar-refractivity contribution in [1.82, 2.24) is 9.62 Å². The highest BCUT2D eigenvalue weighted by molar-refractivity contribution is 7.91. The van der Waals surface area contributed by atoms with Crippen LogP contribution in [-0.4, -0.2) is 38.3 Å².